The van der Waals surface area contributed by atoms with Gasteiger partial charge in [-0.2, -0.15) is 4.99 Å². The van der Waals surface area contributed by atoms with Crippen LogP contribution < -0.4 is 4.80 Å². The molecule has 1 aromatic heterocycles. The fourth-order valence-corrected chi connectivity index (χ4v) is 5.37. The molecule has 0 radical (unpaired) electrons. The number of hydrogen-bond acceptors (Lipinski definition) is 5. The van der Waals surface area contributed by atoms with Gasteiger partial charge in [0, 0.05) is 26.1 Å². The van der Waals surface area contributed by atoms with E-state index in [2.05, 4.69) is 4.99 Å². The Balaban J connectivity index is 1.80. The fraction of sp³-hybridized carbons (Fsp3) is 0.300. The molecule has 6 nitrogen and oxygen atoms in total. The second-order valence-electron chi connectivity index (χ2n) is 6.50. The van der Waals surface area contributed by atoms with Crippen molar-refractivity contribution in [2.45, 2.75) is 24.3 Å². The summed E-state index contributed by atoms with van der Waals surface area (Å²) < 4.78 is 59.3. The van der Waals surface area contributed by atoms with E-state index in [4.69, 9.17) is 4.74 Å². The number of carbonyl (C=O) groups excluding carboxylic acids is 1. The van der Waals surface area contributed by atoms with Gasteiger partial charge < -0.3 is 9.30 Å². The van der Waals surface area contributed by atoms with E-state index in [0.717, 1.165) is 17.4 Å². The summed E-state index contributed by atoms with van der Waals surface area (Å²) in [5.74, 6) is -2.19. The van der Waals surface area contributed by atoms with Gasteiger partial charge in [-0.1, -0.05) is 29.5 Å². The van der Waals surface area contributed by atoms with Crippen LogP contribution in [0.3, 0.4) is 0 Å². The average Bonchev–Trinajstić information content (AvgIpc) is 3.03. The van der Waals surface area contributed by atoms with Crippen molar-refractivity contribution in [1.29, 1.82) is 0 Å². The number of amides is 1. The third-order valence-corrected chi connectivity index (χ3v) is 7.18. The van der Waals surface area contributed by atoms with Gasteiger partial charge >= 0.3 is 0 Å². The lowest BCUT2D eigenvalue weighted by atomic mass is 10.3. The molecule has 1 amide bonds. The van der Waals surface area contributed by atoms with Gasteiger partial charge in [-0.3, -0.25) is 4.79 Å². The first-order chi connectivity index (χ1) is 14.3. The van der Waals surface area contributed by atoms with Gasteiger partial charge in [-0.15, -0.1) is 0 Å². The van der Waals surface area contributed by atoms with Crippen molar-refractivity contribution < 1.29 is 26.7 Å². The van der Waals surface area contributed by atoms with E-state index in [-0.39, 0.29) is 47.0 Å². The highest BCUT2D eigenvalue weighted by atomic mass is 32.2. The molecule has 0 N–H and O–H groups in total. The van der Waals surface area contributed by atoms with Crippen molar-refractivity contribution in [1.82, 2.24) is 4.57 Å². The van der Waals surface area contributed by atoms with Gasteiger partial charge in [0.15, 0.2) is 20.5 Å². The second-order valence-corrected chi connectivity index (χ2v) is 9.62. The Morgan fingerprint density at radius 2 is 1.93 bits per heavy atom. The average molecular weight is 455 g/mol. The molecule has 0 aliphatic heterocycles. The lowest BCUT2D eigenvalue weighted by Gasteiger charge is -2.05. The van der Waals surface area contributed by atoms with Gasteiger partial charge in [-0.25, -0.2) is 17.2 Å². The number of sulfone groups is 1. The molecular weight excluding hydrogens is 434 g/mol. The van der Waals surface area contributed by atoms with Crippen molar-refractivity contribution in [2.24, 2.45) is 4.99 Å². The van der Waals surface area contributed by atoms with Crippen molar-refractivity contribution in [2.75, 3.05) is 19.5 Å². The molecule has 0 fully saturated rings. The molecule has 3 aromatic rings. The van der Waals surface area contributed by atoms with E-state index in [1.807, 2.05) is 0 Å². The predicted molar refractivity (Wildman–Crippen MR) is 110 cm³/mol. The highest BCUT2D eigenvalue weighted by Gasteiger charge is 2.16. The maximum Gasteiger partial charge on any atom is 0.248 e. The van der Waals surface area contributed by atoms with Crippen LogP contribution in [0.5, 0.6) is 0 Å². The van der Waals surface area contributed by atoms with E-state index in [9.17, 15) is 22.0 Å². The zero-order valence-corrected chi connectivity index (χ0v) is 17.8. The molecule has 0 aliphatic carbocycles. The Morgan fingerprint density at radius 3 is 2.63 bits per heavy atom. The monoisotopic (exact) mass is 454 g/mol. The third kappa shape index (κ3) is 5.18. The highest BCUT2D eigenvalue weighted by Crippen LogP contribution is 2.22. The Morgan fingerprint density at radius 1 is 1.20 bits per heavy atom. The van der Waals surface area contributed by atoms with Gasteiger partial charge in [0.25, 0.3) is 0 Å². The minimum atomic E-state index is -3.48. The number of hydrogen-bond donors (Lipinski definition) is 0. The highest BCUT2D eigenvalue weighted by molar-refractivity contribution is 7.91. The first-order valence-corrected chi connectivity index (χ1v) is 11.6. The molecule has 0 aliphatic rings. The fourth-order valence-electron chi connectivity index (χ4n) is 2.93. The largest absolute Gasteiger partial charge is 0.383 e. The molecule has 0 spiro atoms. The van der Waals surface area contributed by atoms with Gasteiger partial charge in [-0.05, 0) is 24.6 Å². The van der Waals surface area contributed by atoms with Crippen LogP contribution in [-0.4, -0.2) is 38.4 Å². The lowest BCUT2D eigenvalue weighted by molar-refractivity contribution is -0.118. The summed E-state index contributed by atoms with van der Waals surface area (Å²) in [5.41, 5.74) is 0.150. The van der Waals surface area contributed by atoms with E-state index >= 15 is 0 Å². The minimum absolute atomic E-state index is 0.0819. The third-order valence-electron chi connectivity index (χ3n) is 4.34. The van der Waals surface area contributed by atoms with Crippen LogP contribution in [0.2, 0.25) is 0 Å². The maximum absolute atomic E-state index is 14.3. The van der Waals surface area contributed by atoms with E-state index < -0.39 is 27.4 Å². The standard InChI is InChI=1S/C20H20F2N2O4S2/c1-28-10-9-24-19-16(22)12-14(21)13-17(19)29-20(24)23-18(25)8-5-11-30(26,27)15-6-3-2-4-7-15/h2-4,6-7,12-13H,5,8-11H2,1H3. The Labute approximate surface area is 176 Å². The molecule has 3 rings (SSSR count). The summed E-state index contributed by atoms with van der Waals surface area (Å²) in [5, 5.41) is 0. The van der Waals surface area contributed by atoms with Crippen LogP contribution in [-0.2, 0) is 25.9 Å². The molecule has 1 heterocycles. The van der Waals surface area contributed by atoms with E-state index in [1.165, 1.54) is 29.9 Å². The number of fused-ring (bicyclic) bond motifs is 1. The molecule has 0 unspecified atom stereocenters. The van der Waals surface area contributed by atoms with Crippen molar-refractivity contribution in [3.05, 3.63) is 58.9 Å². The molecule has 2 aromatic carbocycles. The van der Waals surface area contributed by atoms with Crippen molar-refractivity contribution in [3.8, 4) is 0 Å². The molecule has 0 saturated heterocycles. The molecule has 0 atom stereocenters. The normalized spacial score (nSPS) is 12.6. The quantitative estimate of drug-likeness (QED) is 0.523. The Hall–Kier alpha value is -2.43. The summed E-state index contributed by atoms with van der Waals surface area (Å²) in [6.07, 6.45) is 0.0208. The first kappa shape index (κ1) is 22.3. The summed E-state index contributed by atoms with van der Waals surface area (Å²) >= 11 is 0.989. The van der Waals surface area contributed by atoms with Crippen LogP contribution >= 0.6 is 11.3 Å². The van der Waals surface area contributed by atoms with Gasteiger partial charge in [0.05, 0.1) is 27.5 Å². The SMILES string of the molecule is COCCn1c(=NC(=O)CCCS(=O)(=O)c2ccccc2)sc2cc(F)cc(F)c21. The smallest absolute Gasteiger partial charge is 0.248 e. The summed E-state index contributed by atoms with van der Waals surface area (Å²) in [6.45, 7) is 0.479. The molecule has 10 heteroatoms. The summed E-state index contributed by atoms with van der Waals surface area (Å²) in [6, 6.07) is 9.96. The summed E-state index contributed by atoms with van der Waals surface area (Å²) in [4.78, 5) is 16.8. The number of carbonyl (C=O) groups is 1. The number of methoxy groups -OCH3 is 1. The Kier molecular flexibility index (Phi) is 7.11. The van der Waals surface area contributed by atoms with Crippen molar-refractivity contribution in [3.63, 3.8) is 0 Å². The predicted octanol–water partition coefficient (Wildman–Crippen LogP) is 3.31. The number of nitrogens with zero attached hydrogens (tertiary/aromatic N) is 2. The summed E-state index contributed by atoms with van der Waals surface area (Å²) in [7, 11) is -2.00. The number of aromatic nitrogens is 1. The molecule has 160 valence electrons. The minimum Gasteiger partial charge on any atom is -0.383 e. The van der Waals surface area contributed by atoms with Crippen LogP contribution in [0.1, 0.15) is 12.8 Å². The van der Waals surface area contributed by atoms with E-state index in [0.29, 0.717) is 4.70 Å². The zero-order chi connectivity index (χ0) is 21.7. The molecule has 0 bridgehead atoms. The number of thiazole rings is 1. The topological polar surface area (TPSA) is 77.7 Å². The van der Waals surface area contributed by atoms with Gasteiger partial charge in [0.2, 0.25) is 5.91 Å². The molecule has 0 saturated carbocycles. The first-order valence-electron chi connectivity index (χ1n) is 9.14. The van der Waals surface area contributed by atoms with Crippen molar-refractivity contribution >= 4 is 37.3 Å². The zero-order valence-electron chi connectivity index (χ0n) is 16.2. The number of halogens is 2. The van der Waals surface area contributed by atoms with Crippen LogP contribution in [0.25, 0.3) is 10.2 Å². The number of ether oxygens (including phenoxy) is 1. The van der Waals surface area contributed by atoms with Crippen LogP contribution in [0.4, 0.5) is 8.78 Å². The van der Waals surface area contributed by atoms with Gasteiger partial charge in [0.1, 0.15) is 5.82 Å². The molecule has 30 heavy (non-hydrogen) atoms. The maximum atomic E-state index is 14.3. The number of rotatable bonds is 8. The lowest BCUT2D eigenvalue weighted by Crippen LogP contribution is -2.20. The van der Waals surface area contributed by atoms with E-state index in [1.54, 1.807) is 18.2 Å². The Bertz CT molecular complexity index is 1220. The van der Waals surface area contributed by atoms with Crippen LogP contribution in [0.15, 0.2) is 52.4 Å². The number of benzene rings is 2. The van der Waals surface area contributed by atoms with Crippen LogP contribution in [0, 0.1) is 11.6 Å². The molecular formula is C20H20F2N2O4S2. The second kappa shape index (κ2) is 9.59.